The molecule has 188 valence electrons. The van der Waals surface area contributed by atoms with Crippen LogP contribution in [0.1, 0.15) is 72.7 Å². The van der Waals surface area contributed by atoms with Crippen molar-refractivity contribution in [3.63, 3.8) is 0 Å². The van der Waals surface area contributed by atoms with Gasteiger partial charge in [0.05, 0.1) is 12.0 Å². The number of rotatable bonds is 8. The van der Waals surface area contributed by atoms with Crippen LogP contribution in [-0.4, -0.2) is 48.2 Å². The number of benzene rings is 1. The number of aromatic nitrogens is 1. The molecule has 3 aliphatic rings. The topological polar surface area (TPSA) is 63.6 Å². The number of fused-ring (bicyclic) bond motifs is 1. The summed E-state index contributed by atoms with van der Waals surface area (Å²) < 4.78 is 6.85. The molecule has 1 saturated carbocycles. The number of aryl methyl sites for hydroxylation is 3. The molecule has 1 N–H and O–H groups in total. The fraction of sp³-hybridized carbons (Fsp3) is 0.586. The van der Waals surface area contributed by atoms with Gasteiger partial charge in [-0.05, 0) is 92.1 Å². The number of carbonyl (C=O) groups excluding carboxylic acids is 1. The van der Waals surface area contributed by atoms with Crippen molar-refractivity contribution in [2.24, 2.45) is 13.0 Å². The van der Waals surface area contributed by atoms with E-state index in [0.29, 0.717) is 12.6 Å². The molecular weight excluding hydrogens is 438 g/mol. The third-order valence-corrected chi connectivity index (χ3v) is 8.19. The van der Waals surface area contributed by atoms with E-state index in [1.54, 1.807) is 24.8 Å². The molecule has 2 unspecified atom stereocenters. The number of nitrogens with one attached hydrogen (secondary N) is 1. The van der Waals surface area contributed by atoms with Gasteiger partial charge in [-0.1, -0.05) is 18.2 Å². The zero-order valence-corrected chi connectivity index (χ0v) is 21.2. The first-order valence-corrected chi connectivity index (χ1v) is 13.4. The van der Waals surface area contributed by atoms with Crippen molar-refractivity contribution in [3.8, 4) is 0 Å². The first-order valence-electron chi connectivity index (χ1n) is 13.4. The van der Waals surface area contributed by atoms with Gasteiger partial charge in [0, 0.05) is 45.6 Å². The Morgan fingerprint density at radius 1 is 1.17 bits per heavy atom. The number of amides is 1. The Balaban J connectivity index is 1.44. The van der Waals surface area contributed by atoms with Crippen LogP contribution in [0.25, 0.3) is 0 Å². The van der Waals surface area contributed by atoms with Crippen molar-refractivity contribution in [1.29, 1.82) is 0 Å². The molecule has 2 fully saturated rings. The summed E-state index contributed by atoms with van der Waals surface area (Å²) in [5, 5.41) is 3.47. The van der Waals surface area contributed by atoms with Gasteiger partial charge < -0.3 is 19.5 Å². The monoisotopic (exact) mass is 477 g/mol. The van der Waals surface area contributed by atoms with Crippen LogP contribution in [0.3, 0.4) is 0 Å². The van der Waals surface area contributed by atoms with Crippen LogP contribution in [0.15, 0.2) is 41.3 Å². The second-order valence-corrected chi connectivity index (χ2v) is 10.6. The largest absolute Gasteiger partial charge is 0.385 e. The molecule has 1 aliphatic heterocycles. The number of methoxy groups -OCH3 is 1. The van der Waals surface area contributed by atoms with E-state index in [4.69, 9.17) is 4.74 Å². The Kier molecular flexibility index (Phi) is 7.40. The van der Waals surface area contributed by atoms with Gasteiger partial charge in [-0.3, -0.25) is 9.59 Å². The van der Waals surface area contributed by atoms with Gasteiger partial charge in [0.2, 0.25) is 5.91 Å². The molecule has 3 atom stereocenters. The number of pyridine rings is 1. The van der Waals surface area contributed by atoms with Crippen LogP contribution in [0.2, 0.25) is 0 Å². The van der Waals surface area contributed by atoms with Gasteiger partial charge in [0.1, 0.15) is 0 Å². The quantitative estimate of drug-likeness (QED) is 0.589. The minimum atomic E-state index is -0.133. The molecule has 0 spiro atoms. The lowest BCUT2D eigenvalue weighted by Gasteiger charge is -2.41. The van der Waals surface area contributed by atoms with E-state index in [1.807, 2.05) is 12.3 Å². The van der Waals surface area contributed by atoms with Crippen molar-refractivity contribution in [2.75, 3.05) is 26.8 Å². The zero-order chi connectivity index (χ0) is 24.4. The fourth-order valence-electron chi connectivity index (χ4n) is 6.13. The molecule has 1 saturated heterocycles. The molecule has 35 heavy (non-hydrogen) atoms. The molecule has 6 nitrogen and oxygen atoms in total. The van der Waals surface area contributed by atoms with Crippen LogP contribution in [0.5, 0.6) is 0 Å². The van der Waals surface area contributed by atoms with E-state index in [0.717, 1.165) is 70.1 Å². The van der Waals surface area contributed by atoms with Gasteiger partial charge in [-0.15, -0.1) is 0 Å². The van der Waals surface area contributed by atoms with Crippen molar-refractivity contribution < 1.29 is 9.53 Å². The summed E-state index contributed by atoms with van der Waals surface area (Å²) in [5.74, 6) is 0.224. The highest BCUT2D eigenvalue weighted by Crippen LogP contribution is 2.44. The van der Waals surface area contributed by atoms with Crippen LogP contribution in [0, 0.1) is 5.92 Å². The maximum absolute atomic E-state index is 14.3. The zero-order valence-electron chi connectivity index (χ0n) is 21.2. The first-order chi connectivity index (χ1) is 17.1. The van der Waals surface area contributed by atoms with Crippen molar-refractivity contribution in [1.82, 2.24) is 14.8 Å². The minimum Gasteiger partial charge on any atom is -0.385 e. The van der Waals surface area contributed by atoms with Gasteiger partial charge in [-0.2, -0.15) is 0 Å². The molecule has 5 rings (SSSR count). The normalized spacial score (nSPS) is 24.1. The van der Waals surface area contributed by atoms with E-state index < -0.39 is 0 Å². The number of piperidine rings is 1. The molecule has 0 bridgehead atoms. The Morgan fingerprint density at radius 2 is 2.03 bits per heavy atom. The summed E-state index contributed by atoms with van der Waals surface area (Å²) >= 11 is 0. The molecular formula is C29H39N3O3. The van der Waals surface area contributed by atoms with E-state index in [1.165, 1.54) is 16.7 Å². The van der Waals surface area contributed by atoms with E-state index >= 15 is 0 Å². The van der Waals surface area contributed by atoms with Gasteiger partial charge in [0.25, 0.3) is 5.56 Å². The summed E-state index contributed by atoms with van der Waals surface area (Å²) in [4.78, 5) is 28.9. The molecule has 1 aromatic carbocycles. The van der Waals surface area contributed by atoms with Gasteiger partial charge >= 0.3 is 0 Å². The number of nitrogens with zero attached hydrogens (tertiary/aromatic N) is 2. The van der Waals surface area contributed by atoms with E-state index in [2.05, 4.69) is 28.4 Å². The van der Waals surface area contributed by atoms with Crippen molar-refractivity contribution >= 4 is 5.91 Å². The highest BCUT2D eigenvalue weighted by atomic mass is 16.5. The maximum atomic E-state index is 14.3. The van der Waals surface area contributed by atoms with Crippen molar-refractivity contribution in [3.05, 3.63) is 69.1 Å². The van der Waals surface area contributed by atoms with Crippen LogP contribution < -0.4 is 10.9 Å². The molecule has 2 aliphatic carbocycles. The third kappa shape index (κ3) is 5.24. The Hall–Kier alpha value is -2.44. The third-order valence-electron chi connectivity index (χ3n) is 8.19. The molecule has 1 amide bonds. The first kappa shape index (κ1) is 24.3. The average molecular weight is 478 g/mol. The number of carbonyl (C=O) groups is 1. The Labute approximate surface area is 208 Å². The summed E-state index contributed by atoms with van der Waals surface area (Å²) in [6.07, 6.45) is 10.2. The summed E-state index contributed by atoms with van der Waals surface area (Å²) in [7, 11) is 3.53. The van der Waals surface area contributed by atoms with E-state index in [-0.39, 0.29) is 29.3 Å². The predicted molar refractivity (Wildman–Crippen MR) is 138 cm³/mol. The summed E-state index contributed by atoms with van der Waals surface area (Å²) in [6, 6.07) is 11.2. The average Bonchev–Trinajstić information content (AvgIpc) is 3.71. The molecule has 0 radical (unpaired) electrons. The predicted octanol–water partition coefficient (Wildman–Crippen LogP) is 3.73. The van der Waals surface area contributed by atoms with Gasteiger partial charge in [-0.25, -0.2) is 0 Å². The number of hydrogen-bond acceptors (Lipinski definition) is 4. The standard InChI is InChI=1S/C29H39N3O3/c1-31-15-13-22(18-28(31)33)24-12-14-30-19-26(24)29(34)32(23-10-11-23)27-7-3-6-21-9-8-20(17-25(21)27)5-4-16-35-2/h8-9,13,15,17-18,23-24,26-27,30H,3-7,10-12,14,16,19H2,1-2H3/t24-,26?,27?/m1/s1. The van der Waals surface area contributed by atoms with Crippen molar-refractivity contribution in [2.45, 2.75) is 69.4 Å². The lowest BCUT2D eigenvalue weighted by Crippen LogP contribution is -2.49. The number of ether oxygens (including phenoxy) is 1. The minimum absolute atomic E-state index is 0.00603. The second kappa shape index (κ2) is 10.7. The van der Waals surface area contributed by atoms with E-state index in [9.17, 15) is 9.59 Å². The maximum Gasteiger partial charge on any atom is 0.250 e. The van der Waals surface area contributed by atoms with Gasteiger partial charge in [0.15, 0.2) is 0 Å². The van der Waals surface area contributed by atoms with Crippen LogP contribution in [0.4, 0.5) is 0 Å². The molecule has 1 aromatic heterocycles. The molecule has 6 heteroatoms. The van der Waals surface area contributed by atoms with Crippen LogP contribution >= 0.6 is 0 Å². The fourth-order valence-corrected chi connectivity index (χ4v) is 6.13. The summed E-state index contributed by atoms with van der Waals surface area (Å²) in [5.41, 5.74) is 5.11. The summed E-state index contributed by atoms with van der Waals surface area (Å²) in [6.45, 7) is 2.33. The smallest absolute Gasteiger partial charge is 0.250 e. The Morgan fingerprint density at radius 3 is 2.80 bits per heavy atom. The highest BCUT2D eigenvalue weighted by molar-refractivity contribution is 5.81. The number of hydrogen-bond donors (Lipinski definition) is 1. The SMILES string of the molecule is COCCCc1ccc2c(c1)C(N(C(=O)C1CNCC[C@@H]1c1ccn(C)c(=O)c1)C1CC1)CCC2. The van der Waals surface area contributed by atoms with Crippen LogP contribution in [-0.2, 0) is 29.4 Å². The molecule has 2 aromatic rings. The highest BCUT2D eigenvalue weighted by Gasteiger charge is 2.44. The Bertz CT molecular complexity index is 1110. The lowest BCUT2D eigenvalue weighted by molar-refractivity contribution is -0.140. The molecule has 2 heterocycles. The lowest BCUT2D eigenvalue weighted by atomic mass is 9.79. The second-order valence-electron chi connectivity index (χ2n) is 10.6.